The van der Waals surface area contributed by atoms with Crippen LogP contribution in [0.15, 0.2) is 46.6 Å². The van der Waals surface area contributed by atoms with Crippen LogP contribution in [-0.2, 0) is 9.53 Å². The van der Waals surface area contributed by atoms with E-state index in [0.717, 1.165) is 17.8 Å². The molecule has 1 unspecified atom stereocenters. The average molecular weight is 409 g/mol. The Hall–Kier alpha value is -2.87. The zero-order chi connectivity index (χ0) is 20.9. The zero-order valence-corrected chi connectivity index (χ0v) is 17.4. The summed E-state index contributed by atoms with van der Waals surface area (Å²) < 4.78 is 11.0. The van der Waals surface area contributed by atoms with Crippen molar-refractivity contribution in [3.8, 4) is 17.1 Å². The Kier molecular flexibility index (Phi) is 6.32. The second kappa shape index (κ2) is 9.30. The maximum Gasteiger partial charge on any atom is 0.332 e. The summed E-state index contributed by atoms with van der Waals surface area (Å²) in [5, 5.41) is 16.7. The third kappa shape index (κ3) is 4.81. The lowest BCUT2D eigenvalue weighted by Gasteiger charge is -2.44. The van der Waals surface area contributed by atoms with E-state index in [1.54, 1.807) is 13.8 Å². The highest BCUT2D eigenvalue weighted by Gasteiger charge is 2.35. The van der Waals surface area contributed by atoms with Gasteiger partial charge >= 0.3 is 5.97 Å². The third-order valence-electron chi connectivity index (χ3n) is 5.65. The fourth-order valence-corrected chi connectivity index (χ4v) is 3.90. The molecule has 8 heteroatoms. The molecule has 3 aliphatic rings. The second-order valence-electron chi connectivity index (χ2n) is 7.74. The molecule has 3 fully saturated rings. The number of piperidine rings is 3. The number of hydrogen-bond donors (Lipinski definition) is 0. The Morgan fingerprint density at radius 2 is 1.93 bits per heavy atom. The van der Waals surface area contributed by atoms with Crippen molar-refractivity contribution in [2.75, 3.05) is 26.2 Å². The summed E-state index contributed by atoms with van der Waals surface area (Å²) >= 11 is 0. The molecule has 0 amide bonds. The number of aromatic nitrogens is 2. The van der Waals surface area contributed by atoms with Crippen molar-refractivity contribution in [3.63, 3.8) is 0 Å². The van der Waals surface area contributed by atoms with Crippen LogP contribution in [-0.4, -0.2) is 59.5 Å². The van der Waals surface area contributed by atoms with Gasteiger partial charge in [-0.25, -0.2) is 4.79 Å². The van der Waals surface area contributed by atoms with Crippen LogP contribution in [0.1, 0.15) is 26.7 Å². The van der Waals surface area contributed by atoms with Gasteiger partial charge in [0, 0.05) is 18.2 Å². The van der Waals surface area contributed by atoms with Gasteiger partial charge in [0.1, 0.15) is 6.10 Å². The van der Waals surface area contributed by atoms with E-state index >= 15 is 0 Å². The molecule has 0 N–H and O–H groups in total. The molecule has 2 aromatic rings. The molecule has 3 aliphatic heterocycles. The lowest BCUT2D eigenvalue weighted by Crippen LogP contribution is -2.52. The van der Waals surface area contributed by atoms with E-state index in [2.05, 4.69) is 25.3 Å². The smallest absolute Gasteiger partial charge is 0.332 e. The van der Waals surface area contributed by atoms with Gasteiger partial charge in [-0.15, -0.1) is 10.2 Å². The summed E-state index contributed by atoms with van der Waals surface area (Å²) in [6, 6.07) is 10.6. The van der Waals surface area contributed by atoms with Crippen LogP contribution in [0.4, 0.5) is 5.69 Å². The van der Waals surface area contributed by atoms with Crippen LogP contribution in [0.5, 0.6) is 5.88 Å². The van der Waals surface area contributed by atoms with E-state index in [1.807, 2.05) is 36.4 Å². The molecule has 158 valence electrons. The molecular formula is C22H27N5O3. The highest BCUT2D eigenvalue weighted by molar-refractivity contribution is 5.75. The monoisotopic (exact) mass is 409 g/mol. The molecule has 0 aliphatic carbocycles. The van der Waals surface area contributed by atoms with E-state index in [-0.39, 0.29) is 12.1 Å². The van der Waals surface area contributed by atoms with Crippen molar-refractivity contribution in [1.82, 2.24) is 15.1 Å². The molecule has 1 aromatic carbocycles. The van der Waals surface area contributed by atoms with Crippen molar-refractivity contribution >= 4 is 11.7 Å². The quantitative estimate of drug-likeness (QED) is 0.512. The first-order valence-corrected chi connectivity index (χ1v) is 10.5. The molecule has 0 saturated carbocycles. The summed E-state index contributed by atoms with van der Waals surface area (Å²) in [5.41, 5.74) is 2.35. The van der Waals surface area contributed by atoms with Gasteiger partial charge in [-0.2, -0.15) is 10.2 Å². The molecule has 5 rings (SSSR count). The molecule has 30 heavy (non-hydrogen) atoms. The second-order valence-corrected chi connectivity index (χ2v) is 7.74. The maximum atomic E-state index is 11.6. The number of fused-ring (bicyclic) bond motifs is 3. The van der Waals surface area contributed by atoms with Crippen molar-refractivity contribution in [3.05, 3.63) is 36.4 Å². The highest BCUT2D eigenvalue weighted by Crippen LogP contribution is 2.30. The van der Waals surface area contributed by atoms with Gasteiger partial charge in [0.2, 0.25) is 5.88 Å². The first-order chi connectivity index (χ1) is 14.6. The SMILES string of the molecule is CCOC(=O)C(C)N=Nc1ccc(-c2ccc(O[C@H]3CN4CCC3CC4)nn2)cc1. The van der Waals surface area contributed by atoms with E-state index in [1.165, 1.54) is 25.9 Å². The topological polar surface area (TPSA) is 89.3 Å². The molecule has 1 aromatic heterocycles. The van der Waals surface area contributed by atoms with Gasteiger partial charge in [0.15, 0.2) is 6.04 Å². The normalized spacial score (nSPS) is 24.0. The van der Waals surface area contributed by atoms with Gasteiger partial charge in [0.05, 0.1) is 18.0 Å². The maximum absolute atomic E-state index is 11.6. The van der Waals surface area contributed by atoms with E-state index in [0.29, 0.717) is 24.1 Å². The van der Waals surface area contributed by atoms with Crippen molar-refractivity contribution in [2.24, 2.45) is 16.1 Å². The highest BCUT2D eigenvalue weighted by atomic mass is 16.5. The summed E-state index contributed by atoms with van der Waals surface area (Å²) in [7, 11) is 0. The standard InChI is InChI=1S/C22H27N5O3/c1-3-29-22(28)15(2)23-24-18-6-4-16(5-7-18)19-8-9-21(26-25-19)30-20-14-27-12-10-17(20)11-13-27/h4-9,15,17,20H,3,10-14H2,1-2H3/t15?,20-/m0/s1. The predicted octanol–water partition coefficient (Wildman–Crippen LogP) is 3.65. The van der Waals surface area contributed by atoms with Gasteiger partial charge in [-0.3, -0.25) is 4.90 Å². The number of benzene rings is 1. The number of rotatable bonds is 7. The minimum absolute atomic E-state index is 0.217. The zero-order valence-electron chi connectivity index (χ0n) is 17.4. The van der Waals surface area contributed by atoms with Gasteiger partial charge in [-0.1, -0.05) is 12.1 Å². The molecule has 0 spiro atoms. The Bertz CT molecular complexity index is 877. The first kappa shape index (κ1) is 20.4. The van der Waals surface area contributed by atoms with Crippen LogP contribution in [0.25, 0.3) is 11.3 Å². The fourth-order valence-electron chi connectivity index (χ4n) is 3.90. The van der Waals surface area contributed by atoms with Crippen LogP contribution < -0.4 is 4.74 Å². The largest absolute Gasteiger partial charge is 0.472 e. The number of carbonyl (C=O) groups excluding carboxylic acids is 1. The minimum atomic E-state index is -0.626. The van der Waals surface area contributed by atoms with E-state index < -0.39 is 6.04 Å². The Labute approximate surface area is 176 Å². The molecule has 0 radical (unpaired) electrons. The number of ether oxygens (including phenoxy) is 2. The molecule has 4 heterocycles. The van der Waals surface area contributed by atoms with Crippen LogP contribution in [0.2, 0.25) is 0 Å². The Morgan fingerprint density at radius 3 is 2.53 bits per heavy atom. The fraction of sp³-hybridized carbons (Fsp3) is 0.500. The van der Waals surface area contributed by atoms with E-state index in [9.17, 15) is 4.79 Å². The number of azo groups is 1. The predicted molar refractivity (Wildman–Crippen MR) is 112 cm³/mol. The Morgan fingerprint density at radius 1 is 1.17 bits per heavy atom. The average Bonchev–Trinajstić information content (AvgIpc) is 2.79. The molecule has 8 nitrogen and oxygen atoms in total. The number of esters is 1. The van der Waals surface area contributed by atoms with Gasteiger partial charge < -0.3 is 9.47 Å². The van der Waals surface area contributed by atoms with Crippen molar-refractivity contribution < 1.29 is 14.3 Å². The summed E-state index contributed by atoms with van der Waals surface area (Å²) in [6.45, 7) is 7.11. The summed E-state index contributed by atoms with van der Waals surface area (Å²) in [4.78, 5) is 14.0. The lowest BCUT2D eigenvalue weighted by molar-refractivity contribution is -0.144. The van der Waals surface area contributed by atoms with Gasteiger partial charge in [-0.05, 0) is 63.9 Å². The summed E-state index contributed by atoms with van der Waals surface area (Å²) in [5.74, 6) is 0.828. The van der Waals surface area contributed by atoms with E-state index in [4.69, 9.17) is 9.47 Å². The third-order valence-corrected chi connectivity index (χ3v) is 5.65. The number of carbonyl (C=O) groups is 1. The van der Waals surface area contributed by atoms with Crippen LogP contribution in [0.3, 0.4) is 0 Å². The Balaban J connectivity index is 1.35. The first-order valence-electron chi connectivity index (χ1n) is 10.5. The number of hydrogen-bond acceptors (Lipinski definition) is 8. The van der Waals surface area contributed by atoms with Gasteiger partial charge in [0.25, 0.3) is 0 Å². The van der Waals surface area contributed by atoms with Crippen LogP contribution >= 0.6 is 0 Å². The molecule has 2 bridgehead atoms. The molecule has 3 saturated heterocycles. The molecular weight excluding hydrogens is 382 g/mol. The lowest BCUT2D eigenvalue weighted by atomic mass is 9.86. The summed E-state index contributed by atoms with van der Waals surface area (Å²) in [6.07, 6.45) is 2.63. The van der Waals surface area contributed by atoms with Crippen LogP contribution in [0, 0.1) is 5.92 Å². The minimum Gasteiger partial charge on any atom is -0.472 e. The molecule has 2 atom stereocenters. The van der Waals surface area contributed by atoms with Crippen molar-refractivity contribution in [2.45, 2.75) is 38.8 Å². The van der Waals surface area contributed by atoms with Crippen molar-refractivity contribution in [1.29, 1.82) is 0 Å². The number of nitrogens with zero attached hydrogens (tertiary/aromatic N) is 5.